The average molecular weight is 218 g/mol. The summed E-state index contributed by atoms with van der Waals surface area (Å²) in [5.41, 5.74) is 1.39. The van der Waals surface area contributed by atoms with E-state index in [1.54, 1.807) is 31.4 Å². The molecule has 0 unspecified atom stereocenters. The zero-order chi connectivity index (χ0) is 11.4. The molecule has 2 rings (SSSR count). The second kappa shape index (κ2) is 4.67. The van der Waals surface area contributed by atoms with Crippen molar-refractivity contribution >= 4 is 6.29 Å². The van der Waals surface area contributed by atoms with Gasteiger partial charge in [-0.25, -0.2) is 0 Å². The van der Waals surface area contributed by atoms with Crippen molar-refractivity contribution in [1.82, 2.24) is 10.1 Å². The van der Waals surface area contributed by atoms with Crippen molar-refractivity contribution in [3.63, 3.8) is 0 Å². The Morgan fingerprint density at radius 2 is 2.12 bits per heavy atom. The molecule has 0 bridgehead atoms. The van der Waals surface area contributed by atoms with Crippen molar-refractivity contribution in [2.24, 2.45) is 0 Å². The lowest BCUT2D eigenvalue weighted by Gasteiger charge is -1.93. The van der Waals surface area contributed by atoms with Crippen LogP contribution in [0.2, 0.25) is 0 Å². The maximum absolute atomic E-state index is 10.5. The van der Waals surface area contributed by atoms with Gasteiger partial charge in [-0.15, -0.1) is 0 Å². The van der Waals surface area contributed by atoms with Crippen molar-refractivity contribution in [1.29, 1.82) is 0 Å². The van der Waals surface area contributed by atoms with Gasteiger partial charge >= 0.3 is 0 Å². The molecular formula is C11H10N2O3. The van der Waals surface area contributed by atoms with Gasteiger partial charge in [0.15, 0.2) is 5.82 Å². The van der Waals surface area contributed by atoms with Gasteiger partial charge in [0, 0.05) is 18.2 Å². The third-order valence-electron chi connectivity index (χ3n) is 2.04. The fourth-order valence-corrected chi connectivity index (χ4v) is 1.26. The number of nitrogens with zero attached hydrogens (tertiary/aromatic N) is 2. The number of hydrogen-bond acceptors (Lipinski definition) is 5. The molecule has 0 atom stereocenters. The fraction of sp³-hybridized carbons (Fsp3) is 0.182. The molecule has 16 heavy (non-hydrogen) atoms. The Balaban J connectivity index is 2.24. The molecule has 1 heterocycles. The van der Waals surface area contributed by atoms with Crippen molar-refractivity contribution in [3.8, 4) is 11.5 Å². The predicted molar refractivity (Wildman–Crippen MR) is 55.8 cm³/mol. The SMILES string of the molecule is COCc1noc(-c2ccc(C=O)cc2)n1. The normalized spacial score (nSPS) is 10.3. The lowest BCUT2D eigenvalue weighted by Crippen LogP contribution is -1.89. The van der Waals surface area contributed by atoms with Gasteiger partial charge < -0.3 is 9.26 Å². The van der Waals surface area contributed by atoms with E-state index in [2.05, 4.69) is 10.1 Å². The highest BCUT2D eigenvalue weighted by molar-refractivity contribution is 5.75. The third-order valence-corrected chi connectivity index (χ3v) is 2.04. The molecule has 0 saturated heterocycles. The highest BCUT2D eigenvalue weighted by Gasteiger charge is 2.07. The highest BCUT2D eigenvalue weighted by Crippen LogP contribution is 2.17. The van der Waals surface area contributed by atoms with E-state index in [0.717, 1.165) is 11.8 Å². The molecule has 0 radical (unpaired) electrons. The maximum Gasteiger partial charge on any atom is 0.258 e. The van der Waals surface area contributed by atoms with Crippen LogP contribution in [-0.4, -0.2) is 23.5 Å². The summed E-state index contributed by atoms with van der Waals surface area (Å²) in [6, 6.07) is 6.91. The van der Waals surface area contributed by atoms with Crippen LogP contribution >= 0.6 is 0 Å². The first-order chi connectivity index (χ1) is 7.83. The van der Waals surface area contributed by atoms with Crippen LogP contribution < -0.4 is 0 Å². The molecule has 5 nitrogen and oxygen atoms in total. The first kappa shape index (κ1) is 10.5. The van der Waals surface area contributed by atoms with Crippen molar-refractivity contribution in [3.05, 3.63) is 35.7 Å². The Kier molecular flexibility index (Phi) is 3.07. The van der Waals surface area contributed by atoms with E-state index in [4.69, 9.17) is 9.26 Å². The molecule has 0 aliphatic rings. The van der Waals surface area contributed by atoms with Gasteiger partial charge in [-0.1, -0.05) is 17.3 Å². The van der Waals surface area contributed by atoms with E-state index >= 15 is 0 Å². The Morgan fingerprint density at radius 3 is 2.75 bits per heavy atom. The number of carbonyl (C=O) groups excluding carboxylic acids is 1. The molecule has 0 N–H and O–H groups in total. The summed E-state index contributed by atoms with van der Waals surface area (Å²) in [5.74, 6) is 0.918. The largest absolute Gasteiger partial charge is 0.377 e. The highest BCUT2D eigenvalue weighted by atomic mass is 16.5. The van der Waals surface area contributed by atoms with Crippen molar-refractivity contribution < 1.29 is 14.1 Å². The summed E-state index contributed by atoms with van der Waals surface area (Å²) in [5, 5.41) is 3.74. The van der Waals surface area contributed by atoms with Gasteiger partial charge in [0.1, 0.15) is 12.9 Å². The second-order valence-electron chi connectivity index (χ2n) is 3.19. The lowest BCUT2D eigenvalue weighted by atomic mass is 10.1. The smallest absolute Gasteiger partial charge is 0.258 e. The van der Waals surface area contributed by atoms with E-state index in [-0.39, 0.29) is 0 Å². The second-order valence-corrected chi connectivity index (χ2v) is 3.19. The Morgan fingerprint density at radius 1 is 1.38 bits per heavy atom. The number of carbonyl (C=O) groups is 1. The zero-order valence-corrected chi connectivity index (χ0v) is 8.71. The third kappa shape index (κ3) is 2.14. The molecule has 0 fully saturated rings. The topological polar surface area (TPSA) is 65.2 Å². The lowest BCUT2D eigenvalue weighted by molar-refractivity contribution is 0.112. The monoisotopic (exact) mass is 218 g/mol. The number of methoxy groups -OCH3 is 1. The minimum Gasteiger partial charge on any atom is -0.377 e. The Bertz CT molecular complexity index is 476. The molecule has 0 spiro atoms. The van der Waals surface area contributed by atoms with Crippen LogP contribution in [0.15, 0.2) is 28.8 Å². The van der Waals surface area contributed by atoms with E-state index in [1.165, 1.54) is 0 Å². The number of ether oxygens (including phenoxy) is 1. The molecule has 82 valence electrons. The van der Waals surface area contributed by atoms with E-state index in [0.29, 0.717) is 23.9 Å². The first-order valence-corrected chi connectivity index (χ1v) is 4.70. The summed E-state index contributed by atoms with van der Waals surface area (Å²) in [7, 11) is 1.56. The number of rotatable bonds is 4. The van der Waals surface area contributed by atoms with E-state index in [1.807, 2.05) is 0 Å². The molecule has 0 aliphatic heterocycles. The standard InChI is InChI=1S/C11H10N2O3/c1-15-7-10-12-11(16-13-10)9-4-2-8(6-14)3-5-9/h2-6H,7H2,1H3. The number of hydrogen-bond donors (Lipinski definition) is 0. The molecule has 1 aromatic carbocycles. The van der Waals surface area contributed by atoms with Gasteiger partial charge in [0.05, 0.1) is 0 Å². The predicted octanol–water partition coefficient (Wildman–Crippen LogP) is 1.70. The summed E-state index contributed by atoms with van der Waals surface area (Å²) >= 11 is 0. The molecular weight excluding hydrogens is 208 g/mol. The van der Waals surface area contributed by atoms with E-state index < -0.39 is 0 Å². The Labute approximate surface area is 92.0 Å². The zero-order valence-electron chi connectivity index (χ0n) is 8.71. The fourth-order valence-electron chi connectivity index (χ4n) is 1.26. The summed E-state index contributed by atoms with van der Waals surface area (Å²) in [6.07, 6.45) is 0.786. The summed E-state index contributed by atoms with van der Waals surface area (Å²) in [4.78, 5) is 14.6. The minimum absolute atomic E-state index is 0.315. The van der Waals surface area contributed by atoms with Crippen molar-refractivity contribution in [2.75, 3.05) is 7.11 Å². The molecule has 0 aliphatic carbocycles. The molecule has 2 aromatic rings. The van der Waals surface area contributed by atoms with Crippen LogP contribution in [0.1, 0.15) is 16.2 Å². The van der Waals surface area contributed by atoms with Crippen LogP contribution in [0.4, 0.5) is 0 Å². The number of benzene rings is 1. The quantitative estimate of drug-likeness (QED) is 0.730. The number of aldehydes is 1. The molecule has 1 aromatic heterocycles. The summed E-state index contributed by atoms with van der Waals surface area (Å²) in [6.45, 7) is 0.315. The van der Waals surface area contributed by atoms with E-state index in [9.17, 15) is 4.79 Å². The van der Waals surface area contributed by atoms with Crippen LogP contribution in [0, 0.1) is 0 Å². The minimum atomic E-state index is 0.315. The summed E-state index contributed by atoms with van der Waals surface area (Å²) < 4.78 is 9.93. The average Bonchev–Trinajstić information content (AvgIpc) is 2.78. The van der Waals surface area contributed by atoms with Gasteiger partial charge in [0.25, 0.3) is 5.89 Å². The first-order valence-electron chi connectivity index (χ1n) is 4.70. The van der Waals surface area contributed by atoms with Gasteiger partial charge in [-0.3, -0.25) is 4.79 Å². The van der Waals surface area contributed by atoms with Gasteiger partial charge in [-0.05, 0) is 12.1 Å². The van der Waals surface area contributed by atoms with Gasteiger partial charge in [-0.2, -0.15) is 4.98 Å². The molecule has 5 heteroatoms. The van der Waals surface area contributed by atoms with Crippen molar-refractivity contribution in [2.45, 2.75) is 6.61 Å². The molecule has 0 amide bonds. The maximum atomic E-state index is 10.5. The number of aromatic nitrogens is 2. The molecule has 0 saturated carbocycles. The van der Waals surface area contributed by atoms with Crippen LogP contribution in [0.5, 0.6) is 0 Å². The van der Waals surface area contributed by atoms with Crippen LogP contribution in [0.3, 0.4) is 0 Å². The van der Waals surface area contributed by atoms with Gasteiger partial charge in [0.2, 0.25) is 0 Å². The van der Waals surface area contributed by atoms with Crippen LogP contribution in [-0.2, 0) is 11.3 Å². The van der Waals surface area contributed by atoms with Crippen LogP contribution in [0.25, 0.3) is 11.5 Å². The Hall–Kier alpha value is -2.01.